The third kappa shape index (κ3) is 6.10. The molecular weight excluding hydrogens is 529 g/mol. The summed E-state index contributed by atoms with van der Waals surface area (Å²) in [6, 6.07) is 4.43. The van der Waals surface area contributed by atoms with E-state index in [-0.39, 0.29) is 31.0 Å². The molecule has 0 N–H and O–H groups in total. The summed E-state index contributed by atoms with van der Waals surface area (Å²) in [6.45, 7) is 2.11. The SMILES string of the molecule is COCCOC(=O)CN(C)c1nc2cnc(N3CCC(Oc4cc(F)ccc4Br)CC3)nc2s1. The molecule has 0 amide bonds. The first-order chi connectivity index (χ1) is 16.4. The molecule has 3 aromatic rings. The predicted octanol–water partition coefficient (Wildman–Crippen LogP) is 3.66. The van der Waals surface area contributed by atoms with Crippen LogP contribution < -0.4 is 14.5 Å². The molecule has 0 spiro atoms. The Balaban J connectivity index is 1.35. The van der Waals surface area contributed by atoms with Gasteiger partial charge in [-0.3, -0.25) is 4.79 Å². The summed E-state index contributed by atoms with van der Waals surface area (Å²) in [6.07, 6.45) is 3.23. The number of hydrogen-bond donors (Lipinski definition) is 0. The van der Waals surface area contributed by atoms with Gasteiger partial charge in [-0.05, 0) is 28.1 Å². The fraction of sp³-hybridized carbons (Fsp3) is 0.455. The Morgan fingerprint density at radius 2 is 2.09 bits per heavy atom. The normalized spacial score (nSPS) is 14.4. The van der Waals surface area contributed by atoms with Crippen molar-refractivity contribution in [1.82, 2.24) is 15.0 Å². The van der Waals surface area contributed by atoms with Gasteiger partial charge in [0.05, 0.1) is 17.3 Å². The molecule has 1 aliphatic rings. The van der Waals surface area contributed by atoms with Crippen molar-refractivity contribution < 1.29 is 23.4 Å². The molecule has 4 rings (SSSR count). The summed E-state index contributed by atoms with van der Waals surface area (Å²) in [5.74, 6) is 0.477. The van der Waals surface area contributed by atoms with E-state index in [2.05, 4.69) is 30.8 Å². The molecule has 0 saturated carbocycles. The number of carbonyl (C=O) groups is 1. The average molecular weight is 554 g/mol. The molecule has 9 nitrogen and oxygen atoms in total. The molecule has 1 saturated heterocycles. The van der Waals surface area contributed by atoms with Crippen molar-refractivity contribution in [2.24, 2.45) is 0 Å². The third-order valence-electron chi connectivity index (χ3n) is 5.28. The zero-order chi connectivity index (χ0) is 24.1. The maximum absolute atomic E-state index is 13.5. The number of halogens is 2. The van der Waals surface area contributed by atoms with Crippen LogP contribution in [0.15, 0.2) is 28.9 Å². The van der Waals surface area contributed by atoms with Crippen LogP contribution in [0.4, 0.5) is 15.5 Å². The van der Waals surface area contributed by atoms with Crippen LogP contribution in [0, 0.1) is 5.82 Å². The third-order valence-corrected chi connectivity index (χ3v) is 7.02. The number of ether oxygens (including phenoxy) is 3. The first-order valence-corrected chi connectivity index (χ1v) is 12.4. The number of anilines is 2. The van der Waals surface area contributed by atoms with Crippen molar-refractivity contribution >= 4 is 54.7 Å². The van der Waals surface area contributed by atoms with E-state index < -0.39 is 0 Å². The highest BCUT2D eigenvalue weighted by Crippen LogP contribution is 2.30. The molecular formula is C22H25BrFN5O4S. The number of thiazole rings is 1. The standard InChI is InChI=1S/C22H25BrFN5O4S/c1-28(13-19(30)32-10-9-31-2)22-26-17-12-25-21(27-20(17)34-22)29-7-5-15(6-8-29)33-18-11-14(24)3-4-16(18)23/h3-4,11-12,15H,5-10,13H2,1-2H3. The molecule has 1 aliphatic heterocycles. The molecule has 0 radical (unpaired) electrons. The second-order valence-electron chi connectivity index (χ2n) is 7.81. The smallest absolute Gasteiger partial charge is 0.325 e. The molecule has 1 fully saturated rings. The van der Waals surface area contributed by atoms with Gasteiger partial charge in [0.15, 0.2) is 9.96 Å². The van der Waals surface area contributed by atoms with Gasteiger partial charge in [-0.15, -0.1) is 0 Å². The first kappa shape index (κ1) is 24.6. The maximum atomic E-state index is 13.5. The van der Waals surface area contributed by atoms with Crippen LogP contribution in [0.5, 0.6) is 5.75 Å². The lowest BCUT2D eigenvalue weighted by Crippen LogP contribution is -2.39. The Morgan fingerprint density at radius 1 is 1.29 bits per heavy atom. The molecule has 12 heteroatoms. The van der Waals surface area contributed by atoms with Gasteiger partial charge in [0.25, 0.3) is 0 Å². The number of hydrogen-bond acceptors (Lipinski definition) is 10. The Morgan fingerprint density at radius 3 is 2.85 bits per heavy atom. The Kier molecular flexibility index (Phi) is 8.11. The average Bonchev–Trinajstić information content (AvgIpc) is 3.26. The molecule has 182 valence electrons. The van der Waals surface area contributed by atoms with Gasteiger partial charge in [-0.25, -0.2) is 14.4 Å². The lowest BCUT2D eigenvalue weighted by Gasteiger charge is -2.32. The zero-order valence-electron chi connectivity index (χ0n) is 18.9. The van der Waals surface area contributed by atoms with Crippen LogP contribution in [0.25, 0.3) is 10.3 Å². The molecule has 0 atom stereocenters. The summed E-state index contributed by atoms with van der Waals surface area (Å²) >= 11 is 4.81. The molecule has 0 bridgehead atoms. The monoisotopic (exact) mass is 553 g/mol. The first-order valence-electron chi connectivity index (χ1n) is 10.8. The number of methoxy groups -OCH3 is 1. The van der Waals surface area contributed by atoms with Gasteiger partial charge in [-0.1, -0.05) is 11.3 Å². The van der Waals surface area contributed by atoms with E-state index in [1.54, 1.807) is 31.3 Å². The number of rotatable bonds is 9. The van der Waals surface area contributed by atoms with E-state index in [9.17, 15) is 9.18 Å². The van der Waals surface area contributed by atoms with E-state index in [0.29, 0.717) is 29.0 Å². The molecule has 0 unspecified atom stereocenters. The minimum absolute atomic E-state index is 0.00891. The van der Waals surface area contributed by atoms with Gasteiger partial charge >= 0.3 is 5.97 Å². The summed E-state index contributed by atoms with van der Waals surface area (Å²) in [5, 5.41) is 0.665. The highest BCUT2D eigenvalue weighted by atomic mass is 79.9. The second-order valence-corrected chi connectivity index (χ2v) is 9.62. The van der Waals surface area contributed by atoms with Crippen LogP contribution >= 0.6 is 27.3 Å². The van der Waals surface area contributed by atoms with E-state index in [0.717, 1.165) is 35.2 Å². The van der Waals surface area contributed by atoms with Crippen molar-refractivity contribution in [3.05, 3.63) is 34.7 Å². The summed E-state index contributed by atoms with van der Waals surface area (Å²) < 4.78 is 30.3. The number of likely N-dealkylation sites (N-methyl/N-ethyl adjacent to an activating group) is 1. The molecule has 1 aromatic carbocycles. The van der Waals surface area contributed by atoms with E-state index >= 15 is 0 Å². The lowest BCUT2D eigenvalue weighted by molar-refractivity contribution is -0.143. The van der Waals surface area contributed by atoms with Crippen molar-refractivity contribution in [1.29, 1.82) is 0 Å². The van der Waals surface area contributed by atoms with Gasteiger partial charge in [0, 0.05) is 46.2 Å². The van der Waals surface area contributed by atoms with Crippen LogP contribution in [-0.2, 0) is 14.3 Å². The highest BCUT2D eigenvalue weighted by molar-refractivity contribution is 9.10. The largest absolute Gasteiger partial charge is 0.489 e. The Labute approximate surface area is 209 Å². The predicted molar refractivity (Wildman–Crippen MR) is 131 cm³/mol. The molecule has 0 aliphatic carbocycles. The number of piperidine rings is 1. The number of nitrogens with zero attached hydrogens (tertiary/aromatic N) is 5. The van der Waals surface area contributed by atoms with Crippen molar-refractivity contribution in [2.45, 2.75) is 18.9 Å². The Hall–Kier alpha value is -2.57. The van der Waals surface area contributed by atoms with Gasteiger partial charge in [0.1, 0.15) is 36.3 Å². The summed E-state index contributed by atoms with van der Waals surface area (Å²) in [5.41, 5.74) is 0.678. The highest BCUT2D eigenvalue weighted by Gasteiger charge is 2.24. The number of esters is 1. The van der Waals surface area contributed by atoms with Gasteiger partial charge in [0.2, 0.25) is 5.95 Å². The number of benzene rings is 1. The molecule has 3 heterocycles. The molecule has 34 heavy (non-hydrogen) atoms. The van der Waals surface area contributed by atoms with Gasteiger partial charge in [-0.2, -0.15) is 4.98 Å². The maximum Gasteiger partial charge on any atom is 0.325 e. The minimum atomic E-state index is -0.346. The van der Waals surface area contributed by atoms with Crippen LogP contribution in [0.1, 0.15) is 12.8 Å². The van der Waals surface area contributed by atoms with Crippen LogP contribution in [0.2, 0.25) is 0 Å². The topological polar surface area (TPSA) is 89.9 Å². The fourth-order valence-electron chi connectivity index (χ4n) is 3.50. The number of aromatic nitrogens is 3. The number of carbonyl (C=O) groups excluding carboxylic acids is 1. The van der Waals surface area contributed by atoms with Crippen molar-refractivity contribution in [3.8, 4) is 5.75 Å². The lowest BCUT2D eigenvalue weighted by atomic mass is 10.1. The van der Waals surface area contributed by atoms with E-state index in [1.807, 2.05) is 0 Å². The summed E-state index contributed by atoms with van der Waals surface area (Å²) in [4.78, 5) is 30.2. The number of fused-ring (bicyclic) bond motifs is 1. The van der Waals surface area contributed by atoms with Gasteiger partial charge < -0.3 is 24.0 Å². The zero-order valence-corrected chi connectivity index (χ0v) is 21.3. The van der Waals surface area contributed by atoms with Crippen molar-refractivity contribution in [2.75, 3.05) is 56.8 Å². The summed E-state index contributed by atoms with van der Waals surface area (Å²) in [7, 11) is 3.34. The quantitative estimate of drug-likeness (QED) is 0.291. The molecule has 2 aromatic heterocycles. The minimum Gasteiger partial charge on any atom is -0.489 e. The second kappa shape index (κ2) is 11.2. The van der Waals surface area contributed by atoms with E-state index in [4.69, 9.17) is 19.2 Å². The van der Waals surface area contributed by atoms with Crippen LogP contribution in [-0.4, -0.2) is 74.0 Å². The van der Waals surface area contributed by atoms with Crippen molar-refractivity contribution in [3.63, 3.8) is 0 Å². The Bertz CT molecular complexity index is 1140. The van der Waals surface area contributed by atoms with Crippen LogP contribution in [0.3, 0.4) is 0 Å². The fourth-order valence-corrected chi connectivity index (χ4v) is 4.70. The van der Waals surface area contributed by atoms with E-state index in [1.165, 1.54) is 23.5 Å².